The van der Waals surface area contributed by atoms with Crippen LogP contribution in [0.4, 0.5) is 0 Å². The van der Waals surface area contributed by atoms with Gasteiger partial charge in [-0.2, -0.15) is 4.31 Å². The van der Waals surface area contributed by atoms with Crippen LogP contribution in [0, 0.1) is 0 Å². The van der Waals surface area contributed by atoms with Crippen molar-refractivity contribution in [2.45, 2.75) is 94.2 Å². The maximum atomic E-state index is 13.2. The lowest BCUT2D eigenvalue weighted by molar-refractivity contribution is 0.0935. The van der Waals surface area contributed by atoms with E-state index in [1.807, 2.05) is 6.92 Å². The minimum Gasteiger partial charge on any atom is -0.348 e. The van der Waals surface area contributed by atoms with Crippen molar-refractivity contribution >= 4 is 15.9 Å². The van der Waals surface area contributed by atoms with Crippen LogP contribution in [0.25, 0.3) is 0 Å². The highest BCUT2D eigenvalue weighted by molar-refractivity contribution is 7.89. The molecule has 6 nitrogen and oxygen atoms in total. The summed E-state index contributed by atoms with van der Waals surface area (Å²) < 4.78 is 27.9. The molecule has 31 heavy (non-hydrogen) atoms. The molecule has 0 radical (unpaired) electrons. The van der Waals surface area contributed by atoms with Crippen molar-refractivity contribution in [3.8, 4) is 0 Å². The van der Waals surface area contributed by atoms with Crippen molar-refractivity contribution in [3.05, 3.63) is 29.8 Å². The van der Waals surface area contributed by atoms with Gasteiger partial charge in [-0.15, -0.1) is 0 Å². The average Bonchev–Trinajstić information content (AvgIpc) is 3.06. The van der Waals surface area contributed by atoms with E-state index in [1.165, 1.54) is 38.5 Å². The first-order chi connectivity index (χ1) is 14.9. The number of piperidine rings is 1. The molecule has 3 aliphatic rings. The Morgan fingerprint density at radius 3 is 2.45 bits per heavy atom. The molecule has 2 heterocycles. The molecule has 0 aromatic heterocycles. The second kappa shape index (κ2) is 10.0. The Morgan fingerprint density at radius 1 is 0.968 bits per heavy atom. The Kier molecular flexibility index (Phi) is 7.34. The van der Waals surface area contributed by atoms with Crippen LogP contribution in [0.15, 0.2) is 29.2 Å². The van der Waals surface area contributed by atoms with E-state index in [2.05, 4.69) is 10.2 Å². The summed E-state index contributed by atoms with van der Waals surface area (Å²) in [5, 5.41) is 3.16. The van der Waals surface area contributed by atoms with Gasteiger partial charge in [-0.1, -0.05) is 38.2 Å². The summed E-state index contributed by atoms with van der Waals surface area (Å²) >= 11 is 0. The Morgan fingerprint density at radius 2 is 1.71 bits per heavy atom. The fourth-order valence-corrected chi connectivity index (χ4v) is 7.24. The zero-order valence-electron chi connectivity index (χ0n) is 18.8. The Balaban J connectivity index is 1.39. The molecule has 4 rings (SSSR count). The van der Waals surface area contributed by atoms with Gasteiger partial charge in [-0.3, -0.25) is 9.69 Å². The molecule has 1 aromatic rings. The normalized spacial score (nSPS) is 27.1. The van der Waals surface area contributed by atoms with E-state index in [0.29, 0.717) is 18.2 Å². The van der Waals surface area contributed by atoms with Crippen molar-refractivity contribution < 1.29 is 13.2 Å². The third-order valence-corrected chi connectivity index (χ3v) is 9.35. The number of sulfonamides is 1. The molecule has 1 aliphatic carbocycles. The van der Waals surface area contributed by atoms with Gasteiger partial charge in [0, 0.05) is 43.3 Å². The molecule has 172 valence electrons. The van der Waals surface area contributed by atoms with Gasteiger partial charge < -0.3 is 5.32 Å². The maximum Gasteiger partial charge on any atom is 0.251 e. The average molecular weight is 448 g/mol. The van der Waals surface area contributed by atoms with Crippen LogP contribution in [0.5, 0.6) is 0 Å². The third-order valence-electron chi connectivity index (χ3n) is 7.34. The molecule has 1 aromatic carbocycles. The van der Waals surface area contributed by atoms with Gasteiger partial charge in [0.15, 0.2) is 0 Å². The zero-order valence-corrected chi connectivity index (χ0v) is 19.6. The van der Waals surface area contributed by atoms with Crippen molar-refractivity contribution in [1.82, 2.24) is 14.5 Å². The molecule has 2 aliphatic heterocycles. The van der Waals surface area contributed by atoms with Crippen LogP contribution < -0.4 is 5.32 Å². The molecule has 2 atom stereocenters. The van der Waals surface area contributed by atoms with Crippen molar-refractivity contribution in [3.63, 3.8) is 0 Å². The van der Waals surface area contributed by atoms with E-state index < -0.39 is 10.0 Å². The Labute approximate surface area is 187 Å². The highest BCUT2D eigenvalue weighted by atomic mass is 32.2. The van der Waals surface area contributed by atoms with Crippen molar-refractivity contribution in [2.24, 2.45) is 0 Å². The predicted octanol–water partition coefficient (Wildman–Crippen LogP) is 3.78. The highest BCUT2D eigenvalue weighted by Crippen LogP contribution is 2.27. The van der Waals surface area contributed by atoms with Crippen molar-refractivity contribution in [1.29, 1.82) is 0 Å². The van der Waals surface area contributed by atoms with Gasteiger partial charge in [0.05, 0.1) is 4.90 Å². The SMILES string of the molecule is CC1CCCCN1S(=O)(=O)c1cccc(C(=O)NC2CCN(C3CCCCCC3)C2)c1. The fourth-order valence-electron chi connectivity index (χ4n) is 5.49. The van der Waals surface area contributed by atoms with Crippen LogP contribution >= 0.6 is 0 Å². The second-order valence-electron chi connectivity index (χ2n) is 9.59. The van der Waals surface area contributed by atoms with Crippen LogP contribution in [0.1, 0.15) is 81.5 Å². The lowest BCUT2D eigenvalue weighted by Gasteiger charge is -2.32. The summed E-state index contributed by atoms with van der Waals surface area (Å²) in [7, 11) is -3.58. The topological polar surface area (TPSA) is 69.7 Å². The summed E-state index contributed by atoms with van der Waals surface area (Å²) in [4.78, 5) is 15.7. The first kappa shape index (κ1) is 22.7. The van der Waals surface area contributed by atoms with Gasteiger partial charge >= 0.3 is 0 Å². The summed E-state index contributed by atoms with van der Waals surface area (Å²) in [6.07, 6.45) is 11.7. The summed E-state index contributed by atoms with van der Waals surface area (Å²) in [5.41, 5.74) is 0.429. The second-order valence-corrected chi connectivity index (χ2v) is 11.5. The summed E-state index contributed by atoms with van der Waals surface area (Å²) in [6, 6.07) is 7.35. The molecule has 3 fully saturated rings. The van der Waals surface area contributed by atoms with E-state index in [1.54, 1.807) is 28.6 Å². The molecule has 2 saturated heterocycles. The van der Waals surface area contributed by atoms with E-state index >= 15 is 0 Å². The van der Waals surface area contributed by atoms with E-state index in [-0.39, 0.29) is 22.9 Å². The quantitative estimate of drug-likeness (QED) is 0.698. The largest absolute Gasteiger partial charge is 0.348 e. The molecule has 0 bridgehead atoms. The van der Waals surface area contributed by atoms with Crippen LogP contribution in [-0.2, 0) is 10.0 Å². The highest BCUT2D eigenvalue weighted by Gasteiger charge is 2.32. The molecule has 2 unspecified atom stereocenters. The third kappa shape index (κ3) is 5.32. The predicted molar refractivity (Wildman–Crippen MR) is 123 cm³/mol. The number of hydrogen-bond acceptors (Lipinski definition) is 4. The van der Waals surface area contributed by atoms with Crippen LogP contribution in [-0.4, -0.2) is 61.3 Å². The van der Waals surface area contributed by atoms with Crippen LogP contribution in [0.2, 0.25) is 0 Å². The number of likely N-dealkylation sites (tertiary alicyclic amines) is 1. The number of amides is 1. The zero-order chi connectivity index (χ0) is 21.8. The minimum atomic E-state index is -3.58. The van der Waals surface area contributed by atoms with E-state index in [4.69, 9.17) is 0 Å². The smallest absolute Gasteiger partial charge is 0.251 e. The van der Waals surface area contributed by atoms with E-state index in [0.717, 1.165) is 38.8 Å². The molecule has 7 heteroatoms. The maximum absolute atomic E-state index is 13.2. The number of nitrogens with one attached hydrogen (secondary N) is 1. The van der Waals surface area contributed by atoms with E-state index in [9.17, 15) is 13.2 Å². The number of carbonyl (C=O) groups excluding carboxylic acids is 1. The fraction of sp³-hybridized carbons (Fsp3) is 0.708. The molecular formula is C24H37N3O3S. The monoisotopic (exact) mass is 447 g/mol. The standard InChI is InChI=1S/C24H37N3O3S/c1-19-9-6-7-15-27(19)31(29,30)23-13-8-10-20(17-23)24(28)25-21-14-16-26(18-21)22-11-4-2-3-5-12-22/h8,10,13,17,19,21-22H,2-7,9,11-12,14-16,18H2,1H3,(H,25,28). The van der Waals surface area contributed by atoms with Gasteiger partial charge in [-0.25, -0.2) is 8.42 Å². The number of hydrogen-bond donors (Lipinski definition) is 1. The molecular weight excluding hydrogens is 410 g/mol. The van der Waals surface area contributed by atoms with Gasteiger partial charge in [0.25, 0.3) is 5.91 Å². The minimum absolute atomic E-state index is 0.00434. The van der Waals surface area contributed by atoms with Gasteiger partial charge in [0.2, 0.25) is 10.0 Å². The van der Waals surface area contributed by atoms with Gasteiger partial charge in [0.1, 0.15) is 0 Å². The lowest BCUT2D eigenvalue weighted by atomic mass is 10.1. The molecule has 0 spiro atoms. The summed E-state index contributed by atoms with van der Waals surface area (Å²) in [5.74, 6) is -0.170. The summed E-state index contributed by atoms with van der Waals surface area (Å²) in [6.45, 7) is 4.46. The number of nitrogens with zero attached hydrogens (tertiary/aromatic N) is 2. The van der Waals surface area contributed by atoms with Crippen molar-refractivity contribution in [2.75, 3.05) is 19.6 Å². The molecule has 1 N–H and O–H groups in total. The number of rotatable bonds is 5. The Bertz CT molecular complexity index is 865. The first-order valence-electron chi connectivity index (χ1n) is 12.1. The lowest BCUT2D eigenvalue weighted by Crippen LogP contribution is -2.42. The van der Waals surface area contributed by atoms with Crippen LogP contribution in [0.3, 0.4) is 0 Å². The first-order valence-corrected chi connectivity index (χ1v) is 13.6. The molecule has 1 amide bonds. The number of carbonyl (C=O) groups is 1. The molecule has 1 saturated carbocycles. The number of benzene rings is 1. The Hall–Kier alpha value is -1.44. The van der Waals surface area contributed by atoms with Gasteiger partial charge in [-0.05, 0) is 57.2 Å².